The number of fused-ring (bicyclic) bond motifs is 16. The Morgan fingerprint density at radius 1 is 0.181 bits per heavy atom. The molecule has 0 saturated carbocycles. The van der Waals surface area contributed by atoms with Crippen molar-refractivity contribution < 1.29 is 13.3 Å². The summed E-state index contributed by atoms with van der Waals surface area (Å²) >= 11 is 0. The summed E-state index contributed by atoms with van der Waals surface area (Å²) in [5.41, 5.74) is 19.1. The molecule has 0 unspecified atom stereocenters. The minimum Gasteiger partial charge on any atom is -0.456 e. The molecular weight excluding hydrogens is 1010 g/mol. The zero-order valence-electron chi connectivity index (χ0n) is 44.8. The molecule has 3 heterocycles. The second kappa shape index (κ2) is 17.7. The van der Waals surface area contributed by atoms with Crippen LogP contribution in [0.3, 0.4) is 0 Å². The van der Waals surface area contributed by atoms with Crippen molar-refractivity contribution in [2.24, 2.45) is 0 Å². The van der Waals surface area contributed by atoms with Crippen LogP contribution < -0.4 is 0 Å². The first kappa shape index (κ1) is 45.8. The van der Waals surface area contributed by atoms with Gasteiger partial charge in [0.15, 0.2) is 0 Å². The summed E-state index contributed by atoms with van der Waals surface area (Å²) in [6, 6.07) is 101. The van der Waals surface area contributed by atoms with E-state index in [1.165, 1.54) is 76.5 Å². The number of rotatable bonds is 6. The summed E-state index contributed by atoms with van der Waals surface area (Å²) in [7, 11) is 0. The van der Waals surface area contributed by atoms with Crippen LogP contribution in [-0.2, 0) is 0 Å². The highest BCUT2D eigenvalue weighted by atomic mass is 16.3. The molecule has 0 atom stereocenters. The van der Waals surface area contributed by atoms with Gasteiger partial charge in [-0.1, -0.05) is 231 Å². The van der Waals surface area contributed by atoms with Crippen molar-refractivity contribution in [3.05, 3.63) is 279 Å². The maximum Gasteiger partial charge on any atom is 0.147 e. The van der Waals surface area contributed by atoms with E-state index in [9.17, 15) is 0 Å². The average Bonchev–Trinajstić information content (AvgIpc) is 2.17. The Morgan fingerprint density at radius 3 is 1.19 bits per heavy atom. The van der Waals surface area contributed by atoms with Crippen molar-refractivity contribution in [1.29, 1.82) is 0 Å². The fraction of sp³-hybridized carbons (Fsp3) is 0. The van der Waals surface area contributed by atoms with Gasteiger partial charge in [-0.15, -0.1) is 0 Å². The Hall–Kier alpha value is -11.0. The Labute approximate surface area is 476 Å². The van der Waals surface area contributed by atoms with Gasteiger partial charge in [0, 0.05) is 38.1 Å². The molecular formula is C80H46O3. The van der Waals surface area contributed by atoms with E-state index in [0.29, 0.717) is 0 Å². The maximum atomic E-state index is 7.26. The minimum absolute atomic E-state index is 0.806. The molecule has 0 aliphatic carbocycles. The summed E-state index contributed by atoms with van der Waals surface area (Å²) in [6.07, 6.45) is 0. The highest BCUT2D eigenvalue weighted by Gasteiger charge is 2.26. The topological polar surface area (TPSA) is 39.4 Å². The largest absolute Gasteiger partial charge is 0.456 e. The Kier molecular flexibility index (Phi) is 9.80. The molecule has 3 nitrogen and oxygen atoms in total. The lowest BCUT2D eigenvalue weighted by atomic mass is 9.85. The summed E-state index contributed by atoms with van der Waals surface area (Å²) in [5.74, 6) is 0. The summed E-state index contributed by atoms with van der Waals surface area (Å²) < 4.78 is 20.7. The van der Waals surface area contributed by atoms with Crippen molar-refractivity contribution in [3.8, 4) is 66.8 Å². The quantitative estimate of drug-likeness (QED) is 0.156. The zero-order chi connectivity index (χ0) is 54.3. The van der Waals surface area contributed by atoms with Gasteiger partial charge in [0.05, 0.1) is 5.39 Å². The molecule has 83 heavy (non-hydrogen) atoms. The highest BCUT2D eigenvalue weighted by molar-refractivity contribution is 6.30. The Morgan fingerprint density at radius 2 is 0.602 bits per heavy atom. The van der Waals surface area contributed by atoms with E-state index in [-0.39, 0.29) is 0 Å². The van der Waals surface area contributed by atoms with Gasteiger partial charge in [0.1, 0.15) is 33.5 Å². The van der Waals surface area contributed by atoms with Crippen molar-refractivity contribution in [1.82, 2.24) is 0 Å². The van der Waals surface area contributed by atoms with Crippen LogP contribution >= 0.6 is 0 Å². The molecule has 0 amide bonds. The Bertz CT molecular complexity index is 5610. The second-order valence-electron chi connectivity index (χ2n) is 22.1. The first-order chi connectivity index (χ1) is 41.2. The molecule has 0 aliphatic heterocycles. The monoisotopic (exact) mass is 1050 g/mol. The molecule has 3 heteroatoms. The van der Waals surface area contributed by atoms with E-state index in [1.54, 1.807) is 0 Å². The van der Waals surface area contributed by atoms with Crippen molar-refractivity contribution in [2.45, 2.75) is 0 Å². The van der Waals surface area contributed by atoms with Gasteiger partial charge in [-0.3, -0.25) is 0 Å². The first-order valence-electron chi connectivity index (χ1n) is 28.5. The zero-order valence-corrected chi connectivity index (χ0v) is 44.8. The fourth-order valence-corrected chi connectivity index (χ4v) is 14.0. The van der Waals surface area contributed by atoms with Gasteiger partial charge in [-0.25, -0.2) is 0 Å². The summed E-state index contributed by atoms with van der Waals surface area (Å²) in [5, 5.41) is 18.4. The first-order valence-corrected chi connectivity index (χ1v) is 28.5. The molecule has 0 aliphatic rings. The number of hydrogen-bond acceptors (Lipinski definition) is 3. The highest BCUT2D eigenvalue weighted by Crippen LogP contribution is 2.51. The Balaban J connectivity index is 0.754. The molecule has 0 fully saturated rings. The van der Waals surface area contributed by atoms with Crippen LogP contribution in [0, 0.1) is 0 Å². The van der Waals surface area contributed by atoms with Crippen LogP contribution in [0.25, 0.3) is 186 Å². The molecule has 0 N–H and O–H groups in total. The average molecular weight is 1060 g/mol. The van der Waals surface area contributed by atoms with E-state index in [4.69, 9.17) is 13.3 Å². The molecule has 0 bridgehead atoms. The number of benzene rings is 15. The van der Waals surface area contributed by atoms with Gasteiger partial charge < -0.3 is 13.3 Å². The molecule has 3 aromatic heterocycles. The van der Waals surface area contributed by atoms with E-state index in [2.05, 4.69) is 273 Å². The van der Waals surface area contributed by atoms with Gasteiger partial charge >= 0.3 is 0 Å². The van der Waals surface area contributed by atoms with E-state index in [1.807, 2.05) is 6.07 Å². The maximum absolute atomic E-state index is 7.26. The number of hydrogen-bond donors (Lipinski definition) is 0. The van der Waals surface area contributed by atoms with Gasteiger partial charge in [0.25, 0.3) is 0 Å². The second-order valence-corrected chi connectivity index (χ2v) is 22.1. The third-order valence-electron chi connectivity index (χ3n) is 17.6. The van der Waals surface area contributed by atoms with Crippen LogP contribution in [0.15, 0.2) is 292 Å². The third-order valence-corrected chi connectivity index (χ3v) is 17.6. The van der Waals surface area contributed by atoms with Gasteiger partial charge in [0.2, 0.25) is 0 Å². The van der Waals surface area contributed by atoms with E-state index in [0.717, 1.165) is 110 Å². The molecule has 0 radical (unpaired) electrons. The van der Waals surface area contributed by atoms with Crippen molar-refractivity contribution in [3.63, 3.8) is 0 Å². The smallest absolute Gasteiger partial charge is 0.147 e. The summed E-state index contributed by atoms with van der Waals surface area (Å²) in [6.45, 7) is 0. The predicted octanol–water partition coefficient (Wildman–Crippen LogP) is 23.2. The van der Waals surface area contributed by atoms with E-state index < -0.39 is 0 Å². The molecule has 0 spiro atoms. The SMILES string of the molecule is c1ccc(-c2c3ccccc3c(-c3ccc(-c4ccc5oc6ccc7cc(-c8ccc9c(c8)oc8c(-c%10c%11ccccc%11c(-c%11ccccc%11)c%11ccccc%10%11)cc%10c%11ccccc%11oc%10c89)ccc7c6c5c4)cc3)c3ccccc23)cc1. The summed E-state index contributed by atoms with van der Waals surface area (Å²) in [4.78, 5) is 0. The normalized spacial score (nSPS) is 12.1. The van der Waals surface area contributed by atoms with Crippen molar-refractivity contribution in [2.75, 3.05) is 0 Å². The standard InChI is InChI=1S/C80H46O3/c1-3-17-48(18-4-1)73-57-22-7-9-24-59(57)75(60-25-10-8-23-58(60)73)50-33-31-47(32-34-50)52-37-41-70-67(44-52)77-55-39-35-51(43-54(55)38-42-71(77)81-70)53-36-40-65-72(45-53)83-80-68(46-66-56-21-15-16-30-69(56)82-79(66)78(65)80)76-63-28-13-11-26-61(63)74(49-19-5-2-6-20-49)62-27-12-14-29-64(62)76/h1-46H. The van der Waals surface area contributed by atoms with Crippen LogP contribution in [0.5, 0.6) is 0 Å². The van der Waals surface area contributed by atoms with Crippen LogP contribution in [0.2, 0.25) is 0 Å². The van der Waals surface area contributed by atoms with Crippen LogP contribution in [-0.4, -0.2) is 0 Å². The molecule has 15 aromatic carbocycles. The number of furan rings is 3. The van der Waals surface area contributed by atoms with Crippen LogP contribution in [0.4, 0.5) is 0 Å². The molecule has 18 rings (SSSR count). The fourth-order valence-electron chi connectivity index (χ4n) is 14.0. The minimum atomic E-state index is 0.806. The van der Waals surface area contributed by atoms with Gasteiger partial charge in [-0.05, 0) is 158 Å². The lowest BCUT2D eigenvalue weighted by Crippen LogP contribution is -1.91. The van der Waals surface area contributed by atoms with Crippen LogP contribution in [0.1, 0.15) is 0 Å². The number of para-hydroxylation sites is 1. The lowest BCUT2D eigenvalue weighted by Gasteiger charge is -2.18. The molecule has 0 saturated heterocycles. The van der Waals surface area contributed by atoms with E-state index >= 15 is 0 Å². The third kappa shape index (κ3) is 6.86. The lowest BCUT2D eigenvalue weighted by molar-refractivity contribution is 0.663. The molecule has 384 valence electrons. The van der Waals surface area contributed by atoms with Gasteiger partial charge in [-0.2, -0.15) is 0 Å². The molecule has 18 aromatic rings. The predicted molar refractivity (Wildman–Crippen MR) is 348 cm³/mol. The van der Waals surface area contributed by atoms with Crippen molar-refractivity contribution >= 4 is 120 Å².